The standard InChI is InChI=1S/C16H20FN3O/c1-11-6-8-12(9-7-11)18-16(21)14-10-20(17)15-5-3-2-4-13(15)19-14/h2-5,10-12,19H,6-9H2,1H3,(H,18,21). The fourth-order valence-corrected chi connectivity index (χ4v) is 2.91. The van der Waals surface area contributed by atoms with Gasteiger partial charge in [0.1, 0.15) is 5.70 Å². The number of carbonyl (C=O) groups is 1. The van der Waals surface area contributed by atoms with Crippen LogP contribution in [0, 0.1) is 5.92 Å². The lowest BCUT2D eigenvalue weighted by Crippen LogP contribution is -2.40. The van der Waals surface area contributed by atoms with E-state index in [1.54, 1.807) is 18.2 Å². The van der Waals surface area contributed by atoms with Crippen molar-refractivity contribution in [3.63, 3.8) is 0 Å². The molecule has 1 amide bonds. The van der Waals surface area contributed by atoms with Crippen molar-refractivity contribution in [1.82, 2.24) is 5.32 Å². The molecule has 1 aromatic rings. The summed E-state index contributed by atoms with van der Waals surface area (Å²) in [5, 5.41) is 6.48. The van der Waals surface area contributed by atoms with E-state index in [1.165, 1.54) is 6.20 Å². The van der Waals surface area contributed by atoms with E-state index in [9.17, 15) is 9.28 Å². The smallest absolute Gasteiger partial charge is 0.269 e. The van der Waals surface area contributed by atoms with Gasteiger partial charge in [0, 0.05) is 6.04 Å². The van der Waals surface area contributed by atoms with Crippen molar-refractivity contribution < 1.29 is 9.28 Å². The van der Waals surface area contributed by atoms with Crippen molar-refractivity contribution in [1.29, 1.82) is 0 Å². The highest BCUT2D eigenvalue weighted by Gasteiger charge is 2.24. The Morgan fingerprint density at radius 2 is 2.00 bits per heavy atom. The monoisotopic (exact) mass is 289 g/mol. The number of halogens is 1. The Balaban J connectivity index is 1.66. The second-order valence-electron chi connectivity index (χ2n) is 5.93. The first-order valence-corrected chi connectivity index (χ1v) is 7.47. The molecule has 3 rings (SSSR count). The molecule has 1 aliphatic heterocycles. The number of carbonyl (C=O) groups excluding carboxylic acids is 1. The number of amides is 1. The van der Waals surface area contributed by atoms with Gasteiger partial charge in [-0.3, -0.25) is 4.79 Å². The summed E-state index contributed by atoms with van der Waals surface area (Å²) in [6.45, 7) is 2.24. The first-order valence-electron chi connectivity index (χ1n) is 7.47. The van der Waals surface area contributed by atoms with Gasteiger partial charge in [-0.1, -0.05) is 23.5 Å². The van der Waals surface area contributed by atoms with Crippen LogP contribution in [0.1, 0.15) is 32.6 Å². The van der Waals surface area contributed by atoms with Crippen LogP contribution in [0.25, 0.3) is 0 Å². The summed E-state index contributed by atoms with van der Waals surface area (Å²) in [7, 11) is 0. The van der Waals surface area contributed by atoms with Crippen molar-refractivity contribution in [2.75, 3.05) is 10.4 Å². The van der Waals surface area contributed by atoms with E-state index in [4.69, 9.17) is 0 Å². The number of fused-ring (bicyclic) bond motifs is 1. The second kappa shape index (κ2) is 5.76. The normalized spacial score (nSPS) is 24.7. The second-order valence-corrected chi connectivity index (χ2v) is 5.93. The molecule has 1 heterocycles. The number of anilines is 2. The lowest BCUT2D eigenvalue weighted by Gasteiger charge is -2.28. The molecule has 0 aromatic heterocycles. The van der Waals surface area contributed by atoms with Crippen LogP contribution in [0.3, 0.4) is 0 Å². The van der Waals surface area contributed by atoms with Gasteiger partial charge in [0.25, 0.3) is 5.91 Å². The van der Waals surface area contributed by atoms with Crippen molar-refractivity contribution in [2.24, 2.45) is 5.92 Å². The maximum atomic E-state index is 14.0. The highest BCUT2D eigenvalue weighted by atomic mass is 19.2. The molecule has 0 atom stereocenters. The molecule has 0 radical (unpaired) electrons. The zero-order valence-electron chi connectivity index (χ0n) is 12.1. The first kappa shape index (κ1) is 13.9. The summed E-state index contributed by atoms with van der Waals surface area (Å²) in [6.07, 6.45) is 5.46. The van der Waals surface area contributed by atoms with Crippen LogP contribution < -0.4 is 15.8 Å². The molecule has 1 saturated carbocycles. The van der Waals surface area contributed by atoms with Crippen LogP contribution in [-0.4, -0.2) is 11.9 Å². The number of hydrogen-bond donors (Lipinski definition) is 2. The Morgan fingerprint density at radius 1 is 1.29 bits per heavy atom. The number of nitrogens with zero attached hydrogens (tertiary/aromatic N) is 1. The van der Waals surface area contributed by atoms with E-state index in [2.05, 4.69) is 17.6 Å². The summed E-state index contributed by atoms with van der Waals surface area (Å²) in [5.41, 5.74) is 1.26. The lowest BCUT2D eigenvalue weighted by molar-refractivity contribution is -0.118. The number of para-hydroxylation sites is 2. The average molecular weight is 289 g/mol. The topological polar surface area (TPSA) is 44.4 Å². The maximum absolute atomic E-state index is 14.0. The van der Waals surface area contributed by atoms with E-state index in [-0.39, 0.29) is 17.6 Å². The summed E-state index contributed by atoms with van der Waals surface area (Å²) in [6, 6.07) is 7.18. The Hall–Kier alpha value is -2.04. The molecule has 1 aromatic carbocycles. The Labute approximate surface area is 124 Å². The predicted octanol–water partition coefficient (Wildman–Crippen LogP) is 3.34. The first-order chi connectivity index (χ1) is 10.1. The van der Waals surface area contributed by atoms with Crippen molar-refractivity contribution in [3.05, 3.63) is 36.2 Å². The molecule has 1 aliphatic carbocycles. The molecule has 0 saturated heterocycles. The Bertz CT molecular complexity index is 564. The van der Waals surface area contributed by atoms with E-state index < -0.39 is 0 Å². The minimum atomic E-state index is -0.244. The minimum Gasteiger partial charge on any atom is -0.348 e. The highest BCUT2D eigenvalue weighted by Crippen LogP contribution is 2.31. The molecule has 1 fully saturated rings. The number of hydrogen-bond acceptors (Lipinski definition) is 3. The van der Waals surface area contributed by atoms with Crippen molar-refractivity contribution in [3.8, 4) is 0 Å². The predicted molar refractivity (Wildman–Crippen MR) is 81.3 cm³/mol. The summed E-state index contributed by atoms with van der Waals surface area (Å²) < 4.78 is 14.0. The van der Waals surface area contributed by atoms with E-state index in [0.717, 1.165) is 31.6 Å². The zero-order chi connectivity index (χ0) is 14.8. The van der Waals surface area contributed by atoms with Gasteiger partial charge in [-0.2, -0.15) is 5.12 Å². The SMILES string of the molecule is CC1CCC(NC(=O)C2=CN(F)c3ccccc3N2)CC1. The molecule has 4 nitrogen and oxygen atoms in total. The Morgan fingerprint density at radius 3 is 2.76 bits per heavy atom. The maximum Gasteiger partial charge on any atom is 0.269 e. The van der Waals surface area contributed by atoms with Gasteiger partial charge in [-0.15, -0.1) is 0 Å². The van der Waals surface area contributed by atoms with E-state index >= 15 is 0 Å². The highest BCUT2D eigenvalue weighted by molar-refractivity contribution is 5.99. The molecule has 21 heavy (non-hydrogen) atoms. The zero-order valence-corrected chi connectivity index (χ0v) is 12.1. The molecule has 2 N–H and O–H groups in total. The molecule has 0 spiro atoms. The van der Waals surface area contributed by atoms with Gasteiger partial charge in [0.2, 0.25) is 0 Å². The van der Waals surface area contributed by atoms with Crippen molar-refractivity contribution in [2.45, 2.75) is 38.6 Å². The third-order valence-electron chi connectivity index (χ3n) is 4.24. The summed E-state index contributed by atoms with van der Waals surface area (Å²) in [5.74, 6) is 0.491. The van der Waals surface area contributed by atoms with Gasteiger partial charge >= 0.3 is 0 Å². The third kappa shape index (κ3) is 3.01. The van der Waals surface area contributed by atoms with Crippen LogP contribution >= 0.6 is 0 Å². The van der Waals surface area contributed by atoms with Gasteiger partial charge in [0.05, 0.1) is 17.6 Å². The number of benzene rings is 1. The van der Waals surface area contributed by atoms with Gasteiger partial charge in [-0.25, -0.2) is 0 Å². The molecular weight excluding hydrogens is 269 g/mol. The van der Waals surface area contributed by atoms with Gasteiger partial charge < -0.3 is 10.6 Å². The minimum absolute atomic E-state index is 0.196. The molecule has 0 unspecified atom stereocenters. The van der Waals surface area contributed by atoms with E-state index in [1.807, 2.05) is 6.07 Å². The molecule has 2 aliphatic rings. The number of nitrogens with one attached hydrogen (secondary N) is 2. The van der Waals surface area contributed by atoms with Crippen LogP contribution in [0.4, 0.5) is 15.9 Å². The van der Waals surface area contributed by atoms with Crippen LogP contribution in [0.2, 0.25) is 0 Å². The number of rotatable bonds is 2. The summed E-state index contributed by atoms with van der Waals surface area (Å²) >= 11 is 0. The third-order valence-corrected chi connectivity index (χ3v) is 4.24. The van der Waals surface area contributed by atoms with Gasteiger partial charge in [0.15, 0.2) is 0 Å². The van der Waals surface area contributed by atoms with Crippen LogP contribution in [0.15, 0.2) is 36.2 Å². The fraction of sp³-hybridized carbons (Fsp3) is 0.438. The van der Waals surface area contributed by atoms with Gasteiger partial charge in [-0.05, 0) is 43.7 Å². The molecule has 112 valence electrons. The largest absolute Gasteiger partial charge is 0.348 e. The quantitative estimate of drug-likeness (QED) is 0.821. The van der Waals surface area contributed by atoms with Crippen molar-refractivity contribution >= 4 is 17.3 Å². The van der Waals surface area contributed by atoms with E-state index in [0.29, 0.717) is 16.5 Å². The van der Waals surface area contributed by atoms with Crippen LogP contribution in [0.5, 0.6) is 0 Å². The fourth-order valence-electron chi connectivity index (χ4n) is 2.91. The van der Waals surface area contributed by atoms with Crippen LogP contribution in [-0.2, 0) is 4.79 Å². The lowest BCUT2D eigenvalue weighted by atomic mass is 9.87. The molecule has 0 bridgehead atoms. The molecule has 5 heteroatoms. The summed E-state index contributed by atoms with van der Waals surface area (Å²) in [4.78, 5) is 12.3. The average Bonchev–Trinajstić information content (AvgIpc) is 2.49. The Kier molecular flexibility index (Phi) is 3.82. The molecular formula is C16H20FN3O.